The molecule has 0 spiro atoms. The Balaban J connectivity index is 1.29. The SMILES string of the molecule is CC1C=CC([S+]([O-])c2cccc3c2ccc2cc4ccccc4cc23)=C2C=Cc3cc4ccccc4cc3C21. The minimum absolute atomic E-state index is 0.195. The van der Waals surface area contributed by atoms with Gasteiger partial charge in [-0.05, 0) is 97.2 Å². The van der Waals surface area contributed by atoms with Crippen LogP contribution in [0.2, 0.25) is 0 Å². The molecule has 3 unspecified atom stereocenters. The highest BCUT2D eigenvalue weighted by atomic mass is 32.2. The quantitative estimate of drug-likeness (QED) is 0.127. The first kappa shape index (κ1) is 22.8. The van der Waals surface area contributed by atoms with E-state index in [1.54, 1.807) is 0 Å². The van der Waals surface area contributed by atoms with Gasteiger partial charge in [0.05, 0.1) is 0 Å². The van der Waals surface area contributed by atoms with Crippen molar-refractivity contribution in [3.8, 4) is 0 Å². The first-order valence-electron chi connectivity index (χ1n) is 13.5. The molecule has 0 saturated heterocycles. The highest BCUT2D eigenvalue weighted by Gasteiger charge is 2.35. The molecule has 0 aromatic heterocycles. The summed E-state index contributed by atoms with van der Waals surface area (Å²) >= 11 is -1.31. The van der Waals surface area contributed by atoms with E-state index in [0.29, 0.717) is 5.92 Å². The van der Waals surface area contributed by atoms with E-state index in [-0.39, 0.29) is 5.92 Å². The normalized spacial score (nSPS) is 19.1. The Kier molecular flexibility index (Phi) is 5.10. The van der Waals surface area contributed by atoms with Crippen LogP contribution in [0.25, 0.3) is 49.2 Å². The van der Waals surface area contributed by atoms with Gasteiger partial charge >= 0.3 is 0 Å². The molecule has 0 bridgehead atoms. The molecule has 0 N–H and O–H groups in total. The molecule has 0 fully saturated rings. The first-order chi connectivity index (χ1) is 19.2. The average molecular weight is 519 g/mol. The molecule has 0 heterocycles. The molecule has 6 aromatic carbocycles. The van der Waals surface area contributed by atoms with Crippen LogP contribution in [-0.4, -0.2) is 4.55 Å². The third-order valence-corrected chi connectivity index (χ3v) is 10.1. The number of rotatable bonds is 2. The summed E-state index contributed by atoms with van der Waals surface area (Å²) in [5, 5.41) is 9.58. The number of fused-ring (bicyclic) bond motifs is 8. The lowest BCUT2D eigenvalue weighted by atomic mass is 9.73. The molecule has 2 aliphatic carbocycles. The topological polar surface area (TPSA) is 23.1 Å². The summed E-state index contributed by atoms with van der Waals surface area (Å²) < 4.78 is 14.4. The van der Waals surface area contributed by atoms with Gasteiger partial charge < -0.3 is 4.55 Å². The fourth-order valence-electron chi connectivity index (χ4n) is 6.59. The predicted octanol–water partition coefficient (Wildman–Crippen LogP) is 9.68. The Bertz CT molecular complexity index is 2060. The minimum atomic E-state index is -1.31. The van der Waals surface area contributed by atoms with E-state index >= 15 is 0 Å². The summed E-state index contributed by atoms with van der Waals surface area (Å²) in [7, 11) is 0. The predicted molar refractivity (Wildman–Crippen MR) is 166 cm³/mol. The fraction of sp³-hybridized carbons (Fsp3) is 0.0811. The van der Waals surface area contributed by atoms with Crippen LogP contribution in [0.5, 0.6) is 0 Å². The molecule has 0 amide bonds. The molecule has 0 saturated carbocycles. The van der Waals surface area contributed by atoms with Crippen LogP contribution < -0.4 is 0 Å². The Morgan fingerprint density at radius 3 is 2.10 bits per heavy atom. The standard InChI is InChI=1S/C37H26OS/c1-23-13-18-36(32-17-15-29-20-25-8-3-5-10-27(25)22-34(29)37(23)32)39(38)35-12-6-11-30-31(35)16-14-28-19-24-7-2-4-9-26(24)21-33(28)30/h2-23,37H,1H3. The lowest BCUT2D eigenvalue weighted by Crippen LogP contribution is -2.21. The fourth-order valence-corrected chi connectivity index (χ4v) is 8.02. The van der Waals surface area contributed by atoms with E-state index in [4.69, 9.17) is 0 Å². The van der Waals surface area contributed by atoms with Crippen molar-refractivity contribution in [3.05, 3.63) is 143 Å². The molecule has 2 aliphatic rings. The molecule has 3 atom stereocenters. The van der Waals surface area contributed by atoms with E-state index in [1.807, 2.05) is 6.07 Å². The maximum absolute atomic E-state index is 14.4. The van der Waals surface area contributed by atoms with Crippen molar-refractivity contribution in [1.82, 2.24) is 0 Å². The van der Waals surface area contributed by atoms with Crippen molar-refractivity contribution in [1.29, 1.82) is 0 Å². The molecular formula is C37H26OS. The maximum Gasteiger partial charge on any atom is 0.166 e. The van der Waals surface area contributed by atoms with Gasteiger partial charge in [0.25, 0.3) is 0 Å². The number of hydrogen-bond acceptors (Lipinski definition) is 1. The van der Waals surface area contributed by atoms with Crippen LogP contribution in [-0.2, 0) is 11.2 Å². The van der Waals surface area contributed by atoms with Gasteiger partial charge in [0, 0.05) is 28.1 Å². The van der Waals surface area contributed by atoms with Crippen LogP contribution >= 0.6 is 0 Å². The van der Waals surface area contributed by atoms with Gasteiger partial charge in [-0.25, -0.2) is 0 Å². The van der Waals surface area contributed by atoms with Gasteiger partial charge in [0.1, 0.15) is 0 Å². The summed E-state index contributed by atoms with van der Waals surface area (Å²) in [4.78, 5) is 1.79. The Morgan fingerprint density at radius 1 is 0.590 bits per heavy atom. The molecule has 8 rings (SSSR count). The second-order valence-electron chi connectivity index (χ2n) is 10.8. The van der Waals surface area contributed by atoms with Crippen LogP contribution in [0.3, 0.4) is 0 Å². The third-order valence-electron chi connectivity index (χ3n) is 8.53. The zero-order valence-electron chi connectivity index (χ0n) is 21.6. The van der Waals surface area contributed by atoms with E-state index < -0.39 is 11.2 Å². The van der Waals surface area contributed by atoms with Gasteiger partial charge in [-0.2, -0.15) is 0 Å². The molecule has 39 heavy (non-hydrogen) atoms. The molecule has 186 valence electrons. The Hall–Kier alpha value is -4.11. The first-order valence-corrected chi connectivity index (χ1v) is 14.7. The second-order valence-corrected chi connectivity index (χ2v) is 12.2. The summed E-state index contributed by atoms with van der Waals surface area (Å²) in [6.45, 7) is 2.27. The lowest BCUT2D eigenvalue weighted by molar-refractivity contribution is 0.592. The van der Waals surface area contributed by atoms with Gasteiger partial charge in [0.15, 0.2) is 9.80 Å². The summed E-state index contributed by atoms with van der Waals surface area (Å²) in [6, 6.07) is 36.8. The summed E-state index contributed by atoms with van der Waals surface area (Å²) in [6.07, 6.45) is 8.77. The smallest absolute Gasteiger partial charge is 0.166 e. The Labute approximate surface area is 231 Å². The van der Waals surface area contributed by atoms with Crippen LogP contribution in [0.4, 0.5) is 0 Å². The number of allylic oxidation sites excluding steroid dienone is 4. The minimum Gasteiger partial charge on any atom is -0.606 e. The lowest BCUT2D eigenvalue weighted by Gasteiger charge is -2.32. The third kappa shape index (κ3) is 3.52. The van der Waals surface area contributed by atoms with Crippen molar-refractivity contribution in [2.24, 2.45) is 5.92 Å². The molecule has 1 nitrogen and oxygen atoms in total. The van der Waals surface area contributed by atoms with Gasteiger partial charge in [-0.3, -0.25) is 0 Å². The average Bonchev–Trinajstić information content (AvgIpc) is 2.98. The zero-order chi connectivity index (χ0) is 26.1. The molecule has 2 heteroatoms. The monoisotopic (exact) mass is 518 g/mol. The van der Waals surface area contributed by atoms with Gasteiger partial charge in [-0.15, -0.1) is 0 Å². The van der Waals surface area contributed by atoms with Gasteiger partial charge in [0.2, 0.25) is 0 Å². The molecule has 6 aromatic rings. The van der Waals surface area contributed by atoms with Crippen molar-refractivity contribution < 1.29 is 4.55 Å². The molecule has 0 radical (unpaired) electrons. The van der Waals surface area contributed by atoms with E-state index in [0.717, 1.165) is 20.6 Å². The maximum atomic E-state index is 14.4. The highest BCUT2D eigenvalue weighted by molar-refractivity contribution is 7.95. The summed E-state index contributed by atoms with van der Waals surface area (Å²) in [5.41, 5.74) is 3.77. The van der Waals surface area contributed by atoms with Gasteiger partial charge in [-0.1, -0.05) is 91.9 Å². The van der Waals surface area contributed by atoms with E-state index in [2.05, 4.69) is 128 Å². The second kappa shape index (κ2) is 8.71. The van der Waals surface area contributed by atoms with Crippen LogP contribution in [0.15, 0.2) is 137 Å². The number of benzene rings is 6. The Morgan fingerprint density at radius 2 is 1.31 bits per heavy atom. The molecular weight excluding hydrogens is 492 g/mol. The van der Waals surface area contributed by atoms with Crippen LogP contribution in [0.1, 0.15) is 24.0 Å². The highest BCUT2D eigenvalue weighted by Crippen LogP contribution is 2.47. The summed E-state index contributed by atoms with van der Waals surface area (Å²) in [5.74, 6) is 0.524. The van der Waals surface area contributed by atoms with Crippen molar-refractivity contribution in [2.45, 2.75) is 17.7 Å². The van der Waals surface area contributed by atoms with E-state index in [9.17, 15) is 4.55 Å². The largest absolute Gasteiger partial charge is 0.606 e. The van der Waals surface area contributed by atoms with Crippen LogP contribution in [0, 0.1) is 5.92 Å². The number of hydrogen-bond donors (Lipinski definition) is 0. The van der Waals surface area contributed by atoms with E-state index in [1.165, 1.54) is 49.0 Å². The zero-order valence-corrected chi connectivity index (χ0v) is 22.4. The van der Waals surface area contributed by atoms with Crippen molar-refractivity contribution >= 4 is 60.3 Å². The van der Waals surface area contributed by atoms with Crippen molar-refractivity contribution in [2.75, 3.05) is 0 Å². The molecule has 0 aliphatic heterocycles. The van der Waals surface area contributed by atoms with Crippen molar-refractivity contribution in [3.63, 3.8) is 0 Å².